The fourth-order valence-corrected chi connectivity index (χ4v) is 2.19. The van der Waals surface area contributed by atoms with E-state index in [4.69, 9.17) is 0 Å². The minimum Gasteiger partial charge on any atom is -0.350 e. The van der Waals surface area contributed by atoms with Crippen LogP contribution in [0.1, 0.15) is 5.56 Å². The van der Waals surface area contributed by atoms with Crippen molar-refractivity contribution in [2.24, 2.45) is 0 Å². The number of aromatic amines is 1. The first-order valence-corrected chi connectivity index (χ1v) is 6.67. The Morgan fingerprint density at radius 2 is 2.05 bits per heavy atom. The van der Waals surface area contributed by atoms with Crippen molar-refractivity contribution >= 4 is 16.9 Å². The summed E-state index contributed by atoms with van der Waals surface area (Å²) in [5, 5.41) is 2.73. The number of H-pyrrole nitrogens is 1. The van der Waals surface area contributed by atoms with E-state index in [2.05, 4.69) is 15.3 Å². The third-order valence-electron chi connectivity index (χ3n) is 3.28. The van der Waals surface area contributed by atoms with Crippen LogP contribution in [-0.2, 0) is 17.9 Å². The Hall–Kier alpha value is -2.96. The van der Waals surface area contributed by atoms with Gasteiger partial charge in [-0.25, -0.2) is 9.18 Å². The molecule has 0 saturated heterocycles. The Morgan fingerprint density at radius 3 is 2.82 bits per heavy atom. The van der Waals surface area contributed by atoms with Gasteiger partial charge in [0.1, 0.15) is 12.4 Å². The van der Waals surface area contributed by atoms with E-state index >= 15 is 0 Å². The van der Waals surface area contributed by atoms with Gasteiger partial charge in [0.15, 0.2) is 0 Å². The Kier molecular flexibility index (Phi) is 3.69. The van der Waals surface area contributed by atoms with Crippen LogP contribution in [0.5, 0.6) is 0 Å². The number of pyridine rings is 1. The van der Waals surface area contributed by atoms with Crippen molar-refractivity contribution in [1.29, 1.82) is 0 Å². The molecule has 22 heavy (non-hydrogen) atoms. The number of halogens is 1. The number of benzene rings is 1. The van der Waals surface area contributed by atoms with E-state index in [1.165, 1.54) is 22.8 Å². The quantitative estimate of drug-likeness (QED) is 0.759. The van der Waals surface area contributed by atoms with Gasteiger partial charge < -0.3 is 10.3 Å². The highest BCUT2D eigenvalue weighted by atomic mass is 19.1. The first kappa shape index (κ1) is 14.0. The first-order valence-electron chi connectivity index (χ1n) is 6.67. The Morgan fingerprint density at radius 1 is 1.27 bits per heavy atom. The molecule has 2 heterocycles. The summed E-state index contributed by atoms with van der Waals surface area (Å²) in [6.07, 6.45) is 3.28. The van der Waals surface area contributed by atoms with Gasteiger partial charge in [-0.1, -0.05) is 0 Å². The van der Waals surface area contributed by atoms with E-state index in [0.717, 1.165) is 5.56 Å². The van der Waals surface area contributed by atoms with Gasteiger partial charge in [0.05, 0.1) is 11.0 Å². The molecular weight excluding hydrogens is 287 g/mol. The molecule has 0 fully saturated rings. The number of nitrogens with zero attached hydrogens (tertiary/aromatic N) is 2. The molecule has 0 aliphatic heterocycles. The maximum atomic E-state index is 13.1. The second-order valence-corrected chi connectivity index (χ2v) is 4.81. The van der Waals surface area contributed by atoms with Gasteiger partial charge in [0.2, 0.25) is 5.91 Å². The van der Waals surface area contributed by atoms with Crippen LogP contribution in [0.2, 0.25) is 0 Å². The van der Waals surface area contributed by atoms with Crippen LogP contribution in [0.3, 0.4) is 0 Å². The van der Waals surface area contributed by atoms with Crippen molar-refractivity contribution in [3.8, 4) is 0 Å². The van der Waals surface area contributed by atoms with Gasteiger partial charge in [-0.05, 0) is 35.9 Å². The number of fused-ring (bicyclic) bond motifs is 1. The van der Waals surface area contributed by atoms with E-state index in [0.29, 0.717) is 17.6 Å². The molecule has 112 valence electrons. The molecule has 0 bridgehead atoms. The molecule has 0 aliphatic carbocycles. The summed E-state index contributed by atoms with van der Waals surface area (Å²) >= 11 is 0. The number of aromatic nitrogens is 3. The molecule has 0 spiro atoms. The van der Waals surface area contributed by atoms with Gasteiger partial charge in [0, 0.05) is 18.9 Å². The van der Waals surface area contributed by atoms with Crippen molar-refractivity contribution in [1.82, 2.24) is 19.9 Å². The lowest BCUT2D eigenvalue weighted by Gasteiger charge is -2.06. The molecule has 1 amide bonds. The summed E-state index contributed by atoms with van der Waals surface area (Å²) in [7, 11) is 0. The largest absolute Gasteiger partial charge is 0.350 e. The zero-order valence-corrected chi connectivity index (χ0v) is 11.5. The van der Waals surface area contributed by atoms with Gasteiger partial charge in [-0.3, -0.25) is 14.3 Å². The predicted octanol–water partition coefficient (Wildman–Crippen LogP) is 1.18. The zero-order valence-electron chi connectivity index (χ0n) is 11.5. The lowest BCUT2D eigenvalue weighted by Crippen LogP contribution is -2.31. The summed E-state index contributed by atoms with van der Waals surface area (Å²) in [5.74, 6) is -0.743. The molecule has 0 radical (unpaired) electrons. The van der Waals surface area contributed by atoms with Crippen molar-refractivity contribution in [2.45, 2.75) is 13.1 Å². The normalized spacial score (nSPS) is 10.8. The highest BCUT2D eigenvalue weighted by Gasteiger charge is 2.11. The maximum absolute atomic E-state index is 13.1. The van der Waals surface area contributed by atoms with E-state index in [1.54, 1.807) is 24.5 Å². The van der Waals surface area contributed by atoms with Crippen molar-refractivity contribution < 1.29 is 9.18 Å². The number of hydrogen-bond acceptors (Lipinski definition) is 3. The van der Waals surface area contributed by atoms with Crippen LogP contribution >= 0.6 is 0 Å². The molecule has 1 aromatic carbocycles. The monoisotopic (exact) mass is 300 g/mol. The zero-order chi connectivity index (χ0) is 15.5. The van der Waals surface area contributed by atoms with E-state index in [9.17, 15) is 14.0 Å². The van der Waals surface area contributed by atoms with Crippen LogP contribution in [0.25, 0.3) is 11.0 Å². The van der Waals surface area contributed by atoms with Crippen LogP contribution in [0.15, 0.2) is 47.5 Å². The van der Waals surface area contributed by atoms with Crippen molar-refractivity contribution in [3.05, 3.63) is 64.6 Å². The lowest BCUT2D eigenvalue weighted by atomic mass is 10.3. The van der Waals surface area contributed by atoms with Crippen LogP contribution in [0, 0.1) is 5.82 Å². The van der Waals surface area contributed by atoms with Crippen LogP contribution < -0.4 is 11.0 Å². The molecule has 0 atom stereocenters. The first-order chi connectivity index (χ1) is 10.6. The number of hydrogen-bond donors (Lipinski definition) is 2. The number of nitrogens with one attached hydrogen (secondary N) is 2. The number of imidazole rings is 1. The number of carbonyl (C=O) groups excluding carboxylic acids is 1. The molecular formula is C15H13FN4O2. The van der Waals surface area contributed by atoms with Crippen molar-refractivity contribution in [3.63, 3.8) is 0 Å². The summed E-state index contributed by atoms with van der Waals surface area (Å²) in [5.41, 5.74) is 1.33. The maximum Gasteiger partial charge on any atom is 0.326 e. The number of rotatable bonds is 4. The molecule has 0 aliphatic rings. The Balaban J connectivity index is 1.74. The topological polar surface area (TPSA) is 79.8 Å². The number of amides is 1. The molecule has 2 N–H and O–H groups in total. The minimum absolute atomic E-state index is 0.129. The predicted molar refractivity (Wildman–Crippen MR) is 78.6 cm³/mol. The molecule has 3 rings (SSSR count). The second kappa shape index (κ2) is 5.80. The minimum atomic E-state index is -0.445. The van der Waals surface area contributed by atoms with Gasteiger partial charge in [-0.2, -0.15) is 0 Å². The van der Waals surface area contributed by atoms with Gasteiger partial charge in [0.25, 0.3) is 0 Å². The summed E-state index contributed by atoms with van der Waals surface area (Å²) < 4.78 is 14.4. The van der Waals surface area contributed by atoms with Crippen LogP contribution in [-0.4, -0.2) is 20.4 Å². The third-order valence-corrected chi connectivity index (χ3v) is 3.28. The van der Waals surface area contributed by atoms with Crippen LogP contribution in [0.4, 0.5) is 4.39 Å². The van der Waals surface area contributed by atoms with Gasteiger partial charge in [-0.15, -0.1) is 0 Å². The molecule has 6 nitrogen and oxygen atoms in total. The summed E-state index contributed by atoms with van der Waals surface area (Å²) in [6.45, 7) is 0.225. The fourth-order valence-electron chi connectivity index (χ4n) is 2.19. The van der Waals surface area contributed by atoms with E-state index in [1.807, 2.05) is 0 Å². The second-order valence-electron chi connectivity index (χ2n) is 4.81. The average Bonchev–Trinajstić information content (AvgIpc) is 2.81. The van der Waals surface area contributed by atoms with E-state index < -0.39 is 11.5 Å². The Labute approximate surface area is 124 Å². The molecule has 7 heteroatoms. The fraction of sp³-hybridized carbons (Fsp3) is 0.133. The number of carbonyl (C=O) groups is 1. The molecule has 3 aromatic rings. The highest BCUT2D eigenvalue weighted by molar-refractivity contribution is 5.80. The molecule has 0 unspecified atom stereocenters. The lowest BCUT2D eigenvalue weighted by molar-refractivity contribution is -0.121. The summed E-state index contributed by atoms with van der Waals surface area (Å²) in [6, 6.07) is 7.53. The molecule has 0 saturated carbocycles. The molecule has 2 aromatic heterocycles. The summed E-state index contributed by atoms with van der Waals surface area (Å²) in [4.78, 5) is 30.2. The standard InChI is InChI=1S/C15H13FN4O2/c16-11-1-2-13-12(7-11)19-15(22)20(13)9-14(21)18-8-10-3-5-17-6-4-10/h1-7H,8-9H2,(H,18,21)(H,19,22). The average molecular weight is 300 g/mol. The third kappa shape index (κ3) is 2.88. The SMILES string of the molecule is O=C(Cn1c(=O)[nH]c2cc(F)ccc21)NCc1ccncc1. The highest BCUT2D eigenvalue weighted by Crippen LogP contribution is 2.11. The Bertz CT molecular complexity index is 870. The van der Waals surface area contributed by atoms with Crippen molar-refractivity contribution in [2.75, 3.05) is 0 Å². The smallest absolute Gasteiger partial charge is 0.326 e. The van der Waals surface area contributed by atoms with Gasteiger partial charge >= 0.3 is 5.69 Å². The van der Waals surface area contributed by atoms with E-state index in [-0.39, 0.29) is 12.5 Å².